The van der Waals surface area contributed by atoms with Crippen LogP contribution in [0.5, 0.6) is 11.5 Å². The summed E-state index contributed by atoms with van der Waals surface area (Å²) in [6.45, 7) is 2.15. The number of esters is 1. The zero-order valence-electron chi connectivity index (χ0n) is 22.5. The fraction of sp³-hybridized carbons (Fsp3) is 0.467. The second-order valence-corrected chi connectivity index (χ2v) is 11.4. The zero-order chi connectivity index (χ0) is 28.6. The second-order valence-electron chi connectivity index (χ2n) is 11.4. The van der Waals surface area contributed by atoms with E-state index in [0.717, 1.165) is 29.8 Å². The van der Waals surface area contributed by atoms with Crippen LogP contribution in [0.1, 0.15) is 48.4 Å². The first kappa shape index (κ1) is 26.7. The van der Waals surface area contributed by atoms with Crippen molar-refractivity contribution >= 4 is 18.0 Å². The highest BCUT2D eigenvalue weighted by Gasteiger charge is 2.75. The minimum Gasteiger partial charge on any atom is -0.504 e. The number of carbonyl (C=O) groups is 2. The Morgan fingerprint density at radius 1 is 1.18 bits per heavy atom. The van der Waals surface area contributed by atoms with Gasteiger partial charge < -0.3 is 19.5 Å². The summed E-state index contributed by atoms with van der Waals surface area (Å²) >= 11 is 0. The minimum absolute atomic E-state index is 0.0200. The molecule has 2 aliphatic carbocycles. The summed E-state index contributed by atoms with van der Waals surface area (Å²) in [5.41, 5.74) is 0.0246. The smallest absolute Gasteiger partial charge is 0.416 e. The van der Waals surface area contributed by atoms with Crippen LogP contribution in [0.15, 0.2) is 42.5 Å². The van der Waals surface area contributed by atoms with E-state index in [-0.39, 0.29) is 23.7 Å². The Balaban J connectivity index is 1.36. The number of hydrogen-bond acceptors (Lipinski definition) is 6. The number of hydrogen-bond donors (Lipinski definition) is 1. The molecule has 1 amide bonds. The normalized spacial score (nSPS) is 30.5. The van der Waals surface area contributed by atoms with Gasteiger partial charge in [0.15, 0.2) is 11.5 Å². The Morgan fingerprint density at radius 2 is 1.90 bits per heavy atom. The van der Waals surface area contributed by atoms with Crippen LogP contribution < -0.4 is 4.74 Å². The lowest BCUT2D eigenvalue weighted by Crippen LogP contribution is -2.78. The number of benzene rings is 2. The maximum atomic E-state index is 13.4. The molecule has 4 aliphatic rings. The number of rotatable bonds is 4. The molecular weight excluding hydrogens is 525 g/mol. The number of phenols is 1. The molecule has 1 N–H and O–H groups in total. The average molecular weight is 557 g/mol. The van der Waals surface area contributed by atoms with Crippen molar-refractivity contribution in [2.45, 2.75) is 68.0 Å². The molecule has 40 heavy (non-hydrogen) atoms. The molecule has 1 saturated heterocycles. The first-order chi connectivity index (χ1) is 18.9. The van der Waals surface area contributed by atoms with Crippen molar-refractivity contribution in [3.05, 3.63) is 64.7 Å². The van der Waals surface area contributed by atoms with Crippen molar-refractivity contribution in [2.24, 2.45) is 0 Å². The van der Waals surface area contributed by atoms with Gasteiger partial charge in [-0.3, -0.25) is 14.5 Å². The van der Waals surface area contributed by atoms with Crippen LogP contribution in [-0.4, -0.2) is 71.2 Å². The molecule has 2 unspecified atom stereocenters. The Bertz CT molecular complexity index is 1410. The Hall–Kier alpha value is -3.53. The van der Waals surface area contributed by atoms with E-state index >= 15 is 0 Å². The number of nitrogens with zero attached hydrogens (tertiary/aromatic N) is 2. The highest BCUT2D eigenvalue weighted by Crippen LogP contribution is 2.66. The largest absolute Gasteiger partial charge is 0.504 e. The molecule has 0 aromatic heterocycles. The summed E-state index contributed by atoms with van der Waals surface area (Å²) in [7, 11) is 3.72. The maximum Gasteiger partial charge on any atom is 0.416 e. The SMILES string of the molecule is CC(=O)O[C@@]12CCC(N(C)C(=O)/C=C/c3ccc(C(F)(F)F)cc3)C3Oc4c(O)ccc5c4[C@@]31CCN(C)[C@@H]2C5. The van der Waals surface area contributed by atoms with Gasteiger partial charge in [-0.2, -0.15) is 13.2 Å². The third-order valence-corrected chi connectivity index (χ3v) is 9.49. The fourth-order valence-electron chi connectivity index (χ4n) is 7.79. The lowest BCUT2D eigenvalue weighted by molar-refractivity contribution is -0.220. The summed E-state index contributed by atoms with van der Waals surface area (Å²) in [4.78, 5) is 29.8. The molecule has 212 valence electrons. The topological polar surface area (TPSA) is 79.3 Å². The lowest BCUT2D eigenvalue weighted by atomic mass is 9.48. The van der Waals surface area contributed by atoms with E-state index in [1.54, 1.807) is 18.0 Å². The monoisotopic (exact) mass is 556 g/mol. The molecule has 1 spiro atoms. The third-order valence-electron chi connectivity index (χ3n) is 9.49. The first-order valence-electron chi connectivity index (χ1n) is 13.4. The van der Waals surface area contributed by atoms with Gasteiger partial charge in [-0.05, 0) is 74.7 Å². The number of alkyl halides is 3. The molecule has 1 saturated carbocycles. The second kappa shape index (κ2) is 8.99. The molecule has 0 radical (unpaired) electrons. The zero-order valence-corrected chi connectivity index (χ0v) is 22.5. The standard InChI is InChI=1S/C30H31F3N2O5/c1-17(36)40-29-13-12-21(35(3)24(38)11-6-18-4-8-20(9-5-18)30(31,32)33)27-28(29)14-15-34(2)23(29)16-19-7-10-22(37)26(39-27)25(19)28/h4-11,21,23,27,37H,12-16H2,1-3H3/b11-6+/t21?,23-,27?,28+,29-/m1/s1. The summed E-state index contributed by atoms with van der Waals surface area (Å²) in [5, 5.41) is 10.8. The van der Waals surface area contributed by atoms with Gasteiger partial charge in [-0.1, -0.05) is 18.2 Å². The van der Waals surface area contributed by atoms with Crippen molar-refractivity contribution < 1.29 is 37.3 Å². The maximum absolute atomic E-state index is 13.4. The van der Waals surface area contributed by atoms with Crippen molar-refractivity contribution in [3.8, 4) is 11.5 Å². The van der Waals surface area contributed by atoms with E-state index < -0.39 is 34.9 Å². The van der Waals surface area contributed by atoms with Crippen molar-refractivity contribution in [2.75, 3.05) is 20.6 Å². The molecule has 5 atom stereocenters. The van der Waals surface area contributed by atoms with Gasteiger partial charge in [0.05, 0.1) is 23.1 Å². The number of piperidine rings is 1. The van der Waals surface area contributed by atoms with E-state index in [2.05, 4.69) is 4.90 Å². The predicted octanol–water partition coefficient (Wildman–Crippen LogP) is 4.31. The van der Waals surface area contributed by atoms with Crippen molar-refractivity contribution in [3.63, 3.8) is 0 Å². The van der Waals surface area contributed by atoms with E-state index in [0.29, 0.717) is 37.0 Å². The molecule has 7 nitrogen and oxygen atoms in total. The Morgan fingerprint density at radius 3 is 2.58 bits per heavy atom. The number of phenolic OH excluding ortho intramolecular Hbond substituents is 1. The van der Waals surface area contributed by atoms with Crippen LogP contribution in [0.4, 0.5) is 13.2 Å². The molecule has 2 aromatic rings. The number of likely N-dealkylation sites (N-methyl/N-ethyl adjacent to an activating group) is 2. The number of halogens is 3. The van der Waals surface area contributed by atoms with Crippen molar-refractivity contribution in [1.29, 1.82) is 0 Å². The molecule has 2 fully saturated rings. The van der Waals surface area contributed by atoms with Crippen LogP contribution in [0.2, 0.25) is 0 Å². The third kappa shape index (κ3) is 3.68. The highest BCUT2D eigenvalue weighted by atomic mass is 19.4. The summed E-state index contributed by atoms with van der Waals surface area (Å²) in [5.74, 6) is -0.287. The molecule has 10 heteroatoms. The fourth-order valence-corrected chi connectivity index (χ4v) is 7.79. The Kier molecular flexibility index (Phi) is 6.00. The molecule has 2 aliphatic heterocycles. The van der Waals surface area contributed by atoms with Crippen LogP contribution in [0.25, 0.3) is 6.08 Å². The predicted molar refractivity (Wildman–Crippen MR) is 140 cm³/mol. The van der Waals surface area contributed by atoms with Gasteiger partial charge in [0.25, 0.3) is 0 Å². The molecule has 2 bridgehead atoms. The molecule has 6 rings (SSSR count). The van der Waals surface area contributed by atoms with Gasteiger partial charge >= 0.3 is 12.1 Å². The van der Waals surface area contributed by atoms with Gasteiger partial charge in [0.1, 0.15) is 11.7 Å². The first-order valence-corrected chi connectivity index (χ1v) is 13.4. The van der Waals surface area contributed by atoms with Crippen LogP contribution >= 0.6 is 0 Å². The number of ether oxygens (including phenoxy) is 2. The van der Waals surface area contributed by atoms with Gasteiger partial charge in [-0.15, -0.1) is 0 Å². The van der Waals surface area contributed by atoms with Crippen LogP contribution in [0.3, 0.4) is 0 Å². The highest BCUT2D eigenvalue weighted by molar-refractivity contribution is 5.92. The van der Waals surface area contributed by atoms with Gasteiger partial charge in [0, 0.05) is 25.6 Å². The minimum atomic E-state index is -4.43. The molecular formula is C30H31F3N2O5. The number of likely N-dealkylation sites (tertiary alicyclic amines) is 1. The van der Waals surface area contributed by atoms with Gasteiger partial charge in [-0.25, -0.2) is 0 Å². The van der Waals surface area contributed by atoms with E-state index in [9.17, 15) is 27.9 Å². The van der Waals surface area contributed by atoms with Crippen molar-refractivity contribution in [1.82, 2.24) is 9.80 Å². The van der Waals surface area contributed by atoms with Crippen LogP contribution in [-0.2, 0) is 32.3 Å². The number of carbonyl (C=O) groups excluding carboxylic acids is 2. The molecule has 2 aromatic carbocycles. The van der Waals surface area contributed by atoms with E-state index in [1.807, 2.05) is 13.1 Å². The average Bonchev–Trinajstić information content (AvgIpc) is 3.26. The van der Waals surface area contributed by atoms with Gasteiger partial charge in [0.2, 0.25) is 5.91 Å². The summed E-state index contributed by atoms with van der Waals surface area (Å²) in [6, 6.07) is 7.68. The quantitative estimate of drug-likeness (QED) is 0.447. The van der Waals surface area contributed by atoms with E-state index in [4.69, 9.17) is 9.47 Å². The van der Waals surface area contributed by atoms with E-state index in [1.165, 1.54) is 31.2 Å². The summed E-state index contributed by atoms with van der Waals surface area (Å²) < 4.78 is 51.6. The lowest BCUT2D eigenvalue weighted by Gasteiger charge is -2.65. The molecule has 2 heterocycles. The summed E-state index contributed by atoms with van der Waals surface area (Å²) in [6.07, 6.45) is 0.139. The number of aromatic hydroxyl groups is 1. The number of amides is 1. The Labute approximate surface area is 230 Å². The van der Waals surface area contributed by atoms with Crippen LogP contribution in [0, 0.1) is 0 Å².